The second-order valence-corrected chi connectivity index (χ2v) is 8.38. The minimum Gasteiger partial charge on any atom is -0.497 e. The molecule has 0 spiro atoms. The summed E-state index contributed by atoms with van der Waals surface area (Å²) in [5.74, 6) is -0.212. The zero-order valence-electron chi connectivity index (χ0n) is 19.4. The number of rotatable bonds is 9. The predicted octanol–water partition coefficient (Wildman–Crippen LogP) is 5.35. The number of nitrogens with zero attached hydrogens (tertiary/aromatic N) is 1. The van der Waals surface area contributed by atoms with Crippen LogP contribution < -0.4 is 10.1 Å². The van der Waals surface area contributed by atoms with Crippen molar-refractivity contribution in [1.29, 1.82) is 0 Å². The number of ether oxygens (including phenoxy) is 1. The molecule has 0 aliphatic heterocycles. The topological polar surface area (TPSA) is 63.5 Å². The summed E-state index contributed by atoms with van der Waals surface area (Å²) < 4.78 is 7.35. The standard InChI is InChI=1S/C28H30N2O3/c1-19-8-4-6-10-21(19)14-15-29-17-25-24-13-12-23(33-3)16-26(24)30(27(25)28(31)32)18-22-11-7-5-9-20(22)2/h4-13,16,29H,14-15,17-18H2,1-3H3,(H,31,32). The summed E-state index contributed by atoms with van der Waals surface area (Å²) in [6.07, 6.45) is 0.894. The maximum Gasteiger partial charge on any atom is 0.352 e. The zero-order valence-corrected chi connectivity index (χ0v) is 19.4. The predicted molar refractivity (Wildman–Crippen MR) is 132 cm³/mol. The molecule has 0 amide bonds. The number of aromatic nitrogens is 1. The molecule has 5 heteroatoms. The number of aromatic carboxylic acids is 1. The van der Waals surface area contributed by atoms with Crippen molar-refractivity contribution in [2.24, 2.45) is 0 Å². The molecule has 3 aromatic carbocycles. The first kappa shape index (κ1) is 22.6. The molecule has 1 aromatic heterocycles. The highest BCUT2D eigenvalue weighted by atomic mass is 16.5. The van der Waals surface area contributed by atoms with Crippen molar-refractivity contribution in [2.45, 2.75) is 33.4 Å². The summed E-state index contributed by atoms with van der Waals surface area (Å²) in [6.45, 7) is 5.91. The van der Waals surface area contributed by atoms with Gasteiger partial charge in [0, 0.05) is 30.1 Å². The molecule has 33 heavy (non-hydrogen) atoms. The Morgan fingerprint density at radius 3 is 2.27 bits per heavy atom. The second-order valence-electron chi connectivity index (χ2n) is 8.38. The van der Waals surface area contributed by atoms with Crippen LogP contribution in [0.15, 0.2) is 66.7 Å². The van der Waals surface area contributed by atoms with E-state index >= 15 is 0 Å². The van der Waals surface area contributed by atoms with Gasteiger partial charge in [0.05, 0.1) is 12.6 Å². The summed E-state index contributed by atoms with van der Waals surface area (Å²) >= 11 is 0. The Kier molecular flexibility index (Phi) is 6.80. The van der Waals surface area contributed by atoms with Crippen molar-refractivity contribution in [1.82, 2.24) is 9.88 Å². The normalized spacial score (nSPS) is 11.1. The Labute approximate surface area is 194 Å². The fourth-order valence-electron chi connectivity index (χ4n) is 4.40. The highest BCUT2D eigenvalue weighted by Gasteiger charge is 2.23. The number of hydrogen-bond donors (Lipinski definition) is 2. The average Bonchev–Trinajstić information content (AvgIpc) is 3.12. The molecule has 0 bridgehead atoms. The van der Waals surface area contributed by atoms with Gasteiger partial charge in [-0.3, -0.25) is 0 Å². The van der Waals surface area contributed by atoms with E-state index in [1.54, 1.807) is 7.11 Å². The van der Waals surface area contributed by atoms with Gasteiger partial charge < -0.3 is 19.7 Å². The summed E-state index contributed by atoms with van der Waals surface area (Å²) in [6, 6.07) is 22.2. The van der Waals surface area contributed by atoms with E-state index in [2.05, 4.69) is 43.4 Å². The number of aryl methyl sites for hydroxylation is 2. The fourth-order valence-corrected chi connectivity index (χ4v) is 4.40. The monoisotopic (exact) mass is 442 g/mol. The van der Waals surface area contributed by atoms with Gasteiger partial charge in [0.25, 0.3) is 0 Å². The molecule has 0 aliphatic carbocycles. The van der Waals surface area contributed by atoms with Crippen LogP contribution in [0.5, 0.6) is 5.75 Å². The Morgan fingerprint density at radius 1 is 0.970 bits per heavy atom. The number of carbonyl (C=O) groups is 1. The minimum absolute atomic E-state index is 0.324. The third-order valence-electron chi connectivity index (χ3n) is 6.30. The number of benzene rings is 3. The van der Waals surface area contributed by atoms with E-state index in [9.17, 15) is 9.90 Å². The minimum atomic E-state index is -0.922. The maximum atomic E-state index is 12.5. The van der Waals surface area contributed by atoms with Crippen LogP contribution in [-0.4, -0.2) is 29.3 Å². The zero-order chi connectivity index (χ0) is 23.4. The molecule has 0 fully saturated rings. The van der Waals surface area contributed by atoms with E-state index in [0.717, 1.165) is 40.6 Å². The van der Waals surface area contributed by atoms with E-state index in [-0.39, 0.29) is 0 Å². The van der Waals surface area contributed by atoms with Crippen LogP contribution in [0.25, 0.3) is 10.9 Å². The lowest BCUT2D eigenvalue weighted by atomic mass is 10.1. The summed E-state index contributed by atoms with van der Waals surface area (Å²) in [5, 5.41) is 14.6. The number of carboxylic acids is 1. The van der Waals surface area contributed by atoms with Crippen molar-refractivity contribution < 1.29 is 14.6 Å². The molecule has 0 unspecified atom stereocenters. The summed E-state index contributed by atoms with van der Waals surface area (Å²) in [7, 11) is 1.63. The van der Waals surface area contributed by atoms with Crippen LogP contribution in [0.4, 0.5) is 0 Å². The van der Waals surface area contributed by atoms with Crippen molar-refractivity contribution in [3.05, 3.63) is 100 Å². The van der Waals surface area contributed by atoms with Crippen molar-refractivity contribution in [3.63, 3.8) is 0 Å². The lowest BCUT2D eigenvalue weighted by Gasteiger charge is -2.12. The largest absolute Gasteiger partial charge is 0.497 e. The smallest absolute Gasteiger partial charge is 0.352 e. The Balaban J connectivity index is 1.69. The molecular formula is C28H30N2O3. The number of fused-ring (bicyclic) bond motifs is 1. The molecule has 1 heterocycles. The van der Waals surface area contributed by atoms with Gasteiger partial charge in [0.1, 0.15) is 11.4 Å². The van der Waals surface area contributed by atoms with Gasteiger partial charge in [-0.1, -0.05) is 48.5 Å². The number of carboxylic acid groups (broad SMARTS) is 1. The van der Waals surface area contributed by atoms with Gasteiger partial charge in [0.15, 0.2) is 0 Å². The molecule has 0 saturated carbocycles. The number of methoxy groups -OCH3 is 1. The fraction of sp³-hybridized carbons (Fsp3) is 0.250. The Bertz CT molecular complexity index is 1290. The van der Waals surface area contributed by atoms with Gasteiger partial charge in [0.2, 0.25) is 0 Å². The number of nitrogens with one attached hydrogen (secondary N) is 1. The molecule has 0 aliphatic rings. The average molecular weight is 443 g/mol. The molecule has 4 rings (SSSR count). The molecule has 0 atom stereocenters. The van der Waals surface area contributed by atoms with E-state index in [0.29, 0.717) is 24.5 Å². The van der Waals surface area contributed by atoms with Crippen LogP contribution >= 0.6 is 0 Å². The highest BCUT2D eigenvalue weighted by molar-refractivity contribution is 5.98. The first-order valence-corrected chi connectivity index (χ1v) is 11.2. The molecular weight excluding hydrogens is 412 g/mol. The van der Waals surface area contributed by atoms with Crippen LogP contribution in [0.3, 0.4) is 0 Å². The van der Waals surface area contributed by atoms with Crippen molar-refractivity contribution >= 4 is 16.9 Å². The van der Waals surface area contributed by atoms with E-state index in [1.165, 1.54) is 11.1 Å². The van der Waals surface area contributed by atoms with Gasteiger partial charge in [-0.25, -0.2) is 4.79 Å². The summed E-state index contributed by atoms with van der Waals surface area (Å²) in [5.41, 5.74) is 6.80. The van der Waals surface area contributed by atoms with Crippen LogP contribution in [0.2, 0.25) is 0 Å². The highest BCUT2D eigenvalue weighted by Crippen LogP contribution is 2.31. The molecule has 0 radical (unpaired) electrons. The van der Waals surface area contributed by atoms with Gasteiger partial charge in [-0.2, -0.15) is 0 Å². The molecule has 170 valence electrons. The van der Waals surface area contributed by atoms with Crippen LogP contribution in [0, 0.1) is 13.8 Å². The SMILES string of the molecule is COc1ccc2c(CNCCc3ccccc3C)c(C(=O)O)n(Cc3ccccc3C)c2c1. The van der Waals surface area contributed by atoms with Crippen molar-refractivity contribution in [2.75, 3.05) is 13.7 Å². The molecule has 2 N–H and O–H groups in total. The molecule has 0 saturated heterocycles. The van der Waals surface area contributed by atoms with Crippen LogP contribution in [0.1, 0.15) is 38.3 Å². The third kappa shape index (κ3) is 4.78. The van der Waals surface area contributed by atoms with Gasteiger partial charge in [-0.15, -0.1) is 0 Å². The van der Waals surface area contributed by atoms with Crippen LogP contribution in [-0.2, 0) is 19.5 Å². The van der Waals surface area contributed by atoms with E-state index < -0.39 is 5.97 Å². The van der Waals surface area contributed by atoms with Crippen molar-refractivity contribution in [3.8, 4) is 5.75 Å². The second kappa shape index (κ2) is 9.92. The maximum absolute atomic E-state index is 12.5. The Hall–Kier alpha value is -3.57. The van der Waals surface area contributed by atoms with Gasteiger partial charge in [-0.05, 0) is 61.2 Å². The summed E-state index contributed by atoms with van der Waals surface area (Å²) in [4.78, 5) is 12.5. The van der Waals surface area contributed by atoms with E-state index in [4.69, 9.17) is 4.74 Å². The molecule has 4 aromatic rings. The first-order chi connectivity index (χ1) is 16.0. The number of hydrogen-bond acceptors (Lipinski definition) is 3. The van der Waals surface area contributed by atoms with E-state index in [1.807, 2.05) is 47.0 Å². The molecule has 5 nitrogen and oxygen atoms in total. The lowest BCUT2D eigenvalue weighted by molar-refractivity contribution is 0.0684. The Morgan fingerprint density at radius 2 is 1.64 bits per heavy atom. The lowest BCUT2D eigenvalue weighted by Crippen LogP contribution is -2.20. The first-order valence-electron chi connectivity index (χ1n) is 11.2. The quantitative estimate of drug-likeness (QED) is 0.343. The third-order valence-corrected chi connectivity index (χ3v) is 6.30. The van der Waals surface area contributed by atoms with Gasteiger partial charge >= 0.3 is 5.97 Å².